The SMILES string of the molecule is CCC(CC)NC(=O)CN1CCCC[C@@H]1C(=O)OC. The first-order valence-corrected chi connectivity index (χ1v) is 7.23. The number of esters is 1. The summed E-state index contributed by atoms with van der Waals surface area (Å²) in [5.74, 6) is -0.223. The van der Waals surface area contributed by atoms with E-state index in [1.807, 2.05) is 4.90 Å². The van der Waals surface area contributed by atoms with Crippen LogP contribution in [0.2, 0.25) is 0 Å². The van der Waals surface area contributed by atoms with Crippen LogP contribution in [-0.2, 0) is 14.3 Å². The zero-order valence-electron chi connectivity index (χ0n) is 12.3. The van der Waals surface area contributed by atoms with E-state index < -0.39 is 0 Å². The Balaban J connectivity index is 2.52. The highest BCUT2D eigenvalue weighted by Gasteiger charge is 2.30. The third kappa shape index (κ3) is 4.82. The molecule has 5 nitrogen and oxygen atoms in total. The summed E-state index contributed by atoms with van der Waals surface area (Å²) in [6.45, 7) is 5.20. The maximum atomic E-state index is 12.0. The fourth-order valence-corrected chi connectivity index (χ4v) is 2.53. The van der Waals surface area contributed by atoms with Crippen molar-refractivity contribution in [2.24, 2.45) is 0 Å². The fraction of sp³-hybridized carbons (Fsp3) is 0.857. The lowest BCUT2D eigenvalue weighted by molar-refractivity contribution is -0.148. The Morgan fingerprint density at radius 1 is 1.32 bits per heavy atom. The van der Waals surface area contributed by atoms with Crippen molar-refractivity contribution in [3.63, 3.8) is 0 Å². The molecular formula is C14H26N2O3. The third-order valence-corrected chi connectivity index (χ3v) is 3.78. The molecule has 0 aromatic rings. The second-order valence-corrected chi connectivity index (χ2v) is 5.09. The van der Waals surface area contributed by atoms with Gasteiger partial charge in [0.25, 0.3) is 0 Å². The van der Waals surface area contributed by atoms with E-state index in [4.69, 9.17) is 4.74 Å². The van der Waals surface area contributed by atoms with Gasteiger partial charge in [-0.15, -0.1) is 0 Å². The maximum Gasteiger partial charge on any atom is 0.323 e. The van der Waals surface area contributed by atoms with Gasteiger partial charge in [0.1, 0.15) is 6.04 Å². The lowest BCUT2D eigenvalue weighted by atomic mass is 10.0. The number of nitrogens with zero attached hydrogens (tertiary/aromatic N) is 1. The molecule has 1 amide bonds. The van der Waals surface area contributed by atoms with E-state index in [1.165, 1.54) is 7.11 Å². The molecule has 0 aromatic heterocycles. The Morgan fingerprint density at radius 2 is 2.00 bits per heavy atom. The molecule has 0 aromatic carbocycles. The first-order valence-electron chi connectivity index (χ1n) is 7.23. The van der Waals surface area contributed by atoms with E-state index >= 15 is 0 Å². The van der Waals surface area contributed by atoms with E-state index in [0.717, 1.165) is 38.6 Å². The van der Waals surface area contributed by atoms with E-state index in [1.54, 1.807) is 0 Å². The molecule has 1 aliphatic heterocycles. The summed E-state index contributed by atoms with van der Waals surface area (Å²) in [6, 6.07) is -0.0277. The first-order chi connectivity index (χ1) is 9.12. The molecule has 0 bridgehead atoms. The number of rotatable bonds is 6. The van der Waals surface area contributed by atoms with E-state index in [-0.39, 0.29) is 30.5 Å². The van der Waals surface area contributed by atoms with Gasteiger partial charge in [-0.2, -0.15) is 0 Å². The maximum absolute atomic E-state index is 12.0. The van der Waals surface area contributed by atoms with Crippen molar-refractivity contribution < 1.29 is 14.3 Å². The zero-order valence-corrected chi connectivity index (χ0v) is 12.3. The Labute approximate surface area is 115 Å². The summed E-state index contributed by atoms with van der Waals surface area (Å²) < 4.78 is 4.81. The molecule has 110 valence electrons. The summed E-state index contributed by atoms with van der Waals surface area (Å²) in [4.78, 5) is 25.6. The van der Waals surface area contributed by atoms with Gasteiger partial charge >= 0.3 is 5.97 Å². The molecule has 0 unspecified atom stereocenters. The van der Waals surface area contributed by atoms with Crippen molar-refractivity contribution >= 4 is 11.9 Å². The lowest BCUT2D eigenvalue weighted by Gasteiger charge is -2.33. The molecule has 0 saturated carbocycles. The van der Waals surface area contributed by atoms with Gasteiger partial charge in [0.05, 0.1) is 13.7 Å². The van der Waals surface area contributed by atoms with Crippen molar-refractivity contribution in [2.75, 3.05) is 20.2 Å². The van der Waals surface area contributed by atoms with Gasteiger partial charge < -0.3 is 10.1 Å². The average molecular weight is 270 g/mol. The van der Waals surface area contributed by atoms with Gasteiger partial charge in [-0.25, -0.2) is 0 Å². The molecule has 5 heteroatoms. The van der Waals surface area contributed by atoms with Crippen LogP contribution in [0.4, 0.5) is 0 Å². The van der Waals surface area contributed by atoms with Crippen LogP contribution in [0.1, 0.15) is 46.0 Å². The largest absolute Gasteiger partial charge is 0.468 e. The number of methoxy groups -OCH3 is 1. The number of hydrogen-bond donors (Lipinski definition) is 1. The summed E-state index contributed by atoms with van der Waals surface area (Å²) >= 11 is 0. The highest BCUT2D eigenvalue weighted by atomic mass is 16.5. The van der Waals surface area contributed by atoms with E-state index in [0.29, 0.717) is 0 Å². The minimum atomic E-state index is -0.258. The van der Waals surface area contributed by atoms with Crippen LogP contribution in [0.15, 0.2) is 0 Å². The number of ether oxygens (including phenoxy) is 1. The molecule has 1 N–H and O–H groups in total. The summed E-state index contributed by atoms with van der Waals surface area (Å²) in [5.41, 5.74) is 0. The standard InChI is InChI=1S/C14H26N2O3/c1-4-11(5-2)15-13(17)10-16-9-7-6-8-12(16)14(18)19-3/h11-12H,4-10H2,1-3H3,(H,15,17)/t12-/m1/s1. The second-order valence-electron chi connectivity index (χ2n) is 5.09. The van der Waals surface area contributed by atoms with Crippen LogP contribution in [-0.4, -0.2) is 49.1 Å². The minimum Gasteiger partial charge on any atom is -0.468 e. The Kier molecular flexibility index (Phi) is 6.84. The number of amides is 1. The molecule has 0 aliphatic carbocycles. The molecule has 0 radical (unpaired) electrons. The minimum absolute atomic E-state index is 0.00417. The quantitative estimate of drug-likeness (QED) is 0.740. The lowest BCUT2D eigenvalue weighted by Crippen LogP contribution is -2.50. The van der Waals surface area contributed by atoms with Crippen molar-refractivity contribution in [3.05, 3.63) is 0 Å². The fourth-order valence-electron chi connectivity index (χ4n) is 2.53. The molecule has 1 heterocycles. The molecule has 1 atom stereocenters. The van der Waals surface area contributed by atoms with Crippen LogP contribution < -0.4 is 5.32 Å². The summed E-state index contributed by atoms with van der Waals surface area (Å²) in [7, 11) is 1.40. The number of carbonyl (C=O) groups is 2. The van der Waals surface area contributed by atoms with Crippen molar-refractivity contribution in [1.29, 1.82) is 0 Å². The van der Waals surface area contributed by atoms with Gasteiger partial charge in [-0.05, 0) is 32.2 Å². The van der Waals surface area contributed by atoms with Crippen LogP contribution in [0.3, 0.4) is 0 Å². The highest BCUT2D eigenvalue weighted by molar-refractivity contribution is 5.80. The number of likely N-dealkylation sites (tertiary alicyclic amines) is 1. The normalized spacial score (nSPS) is 20.3. The molecule has 0 spiro atoms. The summed E-state index contributed by atoms with van der Waals surface area (Å²) in [5, 5.41) is 3.01. The predicted octanol–water partition coefficient (Wildman–Crippen LogP) is 1.32. The van der Waals surface area contributed by atoms with Gasteiger partial charge in [0.15, 0.2) is 0 Å². The number of carbonyl (C=O) groups excluding carboxylic acids is 2. The van der Waals surface area contributed by atoms with Crippen LogP contribution in [0.25, 0.3) is 0 Å². The number of nitrogens with one attached hydrogen (secondary N) is 1. The van der Waals surface area contributed by atoms with Crippen LogP contribution in [0, 0.1) is 0 Å². The molecule has 1 rings (SSSR count). The molecular weight excluding hydrogens is 244 g/mol. The van der Waals surface area contributed by atoms with Gasteiger partial charge in [-0.3, -0.25) is 14.5 Å². The average Bonchev–Trinajstić information content (AvgIpc) is 2.44. The van der Waals surface area contributed by atoms with Crippen LogP contribution >= 0.6 is 0 Å². The number of piperidine rings is 1. The molecule has 1 aliphatic rings. The molecule has 1 saturated heterocycles. The van der Waals surface area contributed by atoms with Gasteiger partial charge in [0.2, 0.25) is 5.91 Å². The number of hydrogen-bond acceptors (Lipinski definition) is 4. The van der Waals surface area contributed by atoms with E-state index in [2.05, 4.69) is 19.2 Å². The first kappa shape index (κ1) is 16.0. The van der Waals surface area contributed by atoms with Crippen LogP contribution in [0.5, 0.6) is 0 Å². The van der Waals surface area contributed by atoms with Gasteiger partial charge in [-0.1, -0.05) is 20.3 Å². The zero-order chi connectivity index (χ0) is 14.3. The predicted molar refractivity (Wildman–Crippen MR) is 73.7 cm³/mol. The topological polar surface area (TPSA) is 58.6 Å². The Morgan fingerprint density at radius 3 is 2.58 bits per heavy atom. The van der Waals surface area contributed by atoms with Crippen molar-refractivity contribution in [1.82, 2.24) is 10.2 Å². The Bertz CT molecular complexity index is 303. The highest BCUT2D eigenvalue weighted by Crippen LogP contribution is 2.17. The summed E-state index contributed by atoms with van der Waals surface area (Å²) in [6.07, 6.45) is 4.70. The second kappa shape index (κ2) is 8.15. The van der Waals surface area contributed by atoms with Crippen molar-refractivity contribution in [2.45, 2.75) is 58.0 Å². The van der Waals surface area contributed by atoms with E-state index in [9.17, 15) is 9.59 Å². The Hall–Kier alpha value is -1.10. The molecule has 19 heavy (non-hydrogen) atoms. The van der Waals surface area contributed by atoms with Gasteiger partial charge in [0, 0.05) is 6.04 Å². The van der Waals surface area contributed by atoms with Crippen molar-refractivity contribution in [3.8, 4) is 0 Å². The smallest absolute Gasteiger partial charge is 0.323 e. The third-order valence-electron chi connectivity index (χ3n) is 3.78. The monoisotopic (exact) mass is 270 g/mol. The molecule has 1 fully saturated rings.